The lowest BCUT2D eigenvalue weighted by Crippen LogP contribution is -2.18. The molecule has 0 saturated carbocycles. The molecule has 2 aromatic carbocycles. The molecule has 0 bridgehead atoms. The highest BCUT2D eigenvalue weighted by Gasteiger charge is 2.36. The van der Waals surface area contributed by atoms with Crippen LogP contribution in [0.4, 0.5) is 18.9 Å². The van der Waals surface area contributed by atoms with E-state index >= 15 is 0 Å². The molecular formula is C14H10F3N5O2S. The molecule has 3 aromatic rings. The molecule has 3 rings (SSSR count). The molecule has 0 unspecified atom stereocenters. The van der Waals surface area contributed by atoms with Gasteiger partial charge in [0.1, 0.15) is 0 Å². The minimum Gasteiger partial charge on any atom is -0.280 e. The Kier molecular flexibility index (Phi) is 4.17. The monoisotopic (exact) mass is 369 g/mol. The number of rotatable bonds is 4. The Labute approximate surface area is 139 Å². The molecule has 0 aliphatic carbocycles. The van der Waals surface area contributed by atoms with Crippen LogP contribution in [0.5, 0.6) is 0 Å². The summed E-state index contributed by atoms with van der Waals surface area (Å²) in [5.74, 6) is 0.219. The van der Waals surface area contributed by atoms with Crippen molar-refractivity contribution in [1.82, 2.24) is 20.6 Å². The number of hydrogen-bond acceptors (Lipinski definition) is 5. The first-order valence-electron chi connectivity index (χ1n) is 6.80. The van der Waals surface area contributed by atoms with Crippen molar-refractivity contribution >= 4 is 15.7 Å². The normalized spacial score (nSPS) is 12.1. The highest BCUT2D eigenvalue weighted by Crippen LogP contribution is 2.34. The number of anilines is 1. The third kappa shape index (κ3) is 3.60. The van der Waals surface area contributed by atoms with Gasteiger partial charge in [-0.05, 0) is 29.5 Å². The number of aromatic nitrogens is 4. The molecule has 0 atom stereocenters. The van der Waals surface area contributed by atoms with Gasteiger partial charge in [-0.1, -0.05) is 24.3 Å². The van der Waals surface area contributed by atoms with Crippen molar-refractivity contribution in [3.05, 3.63) is 54.1 Å². The fourth-order valence-corrected chi connectivity index (χ4v) is 3.43. The fourth-order valence-electron chi connectivity index (χ4n) is 2.15. The summed E-state index contributed by atoms with van der Waals surface area (Å²) in [6.07, 6.45) is -4.79. The van der Waals surface area contributed by atoms with Crippen LogP contribution in [0.2, 0.25) is 0 Å². The Hall–Kier alpha value is -2.95. The average Bonchev–Trinajstić information content (AvgIpc) is 3.08. The summed E-state index contributed by atoms with van der Waals surface area (Å²) < 4.78 is 66.1. The lowest BCUT2D eigenvalue weighted by molar-refractivity contribution is -0.139. The maximum Gasteiger partial charge on any atom is 0.417 e. The molecule has 25 heavy (non-hydrogen) atoms. The highest BCUT2D eigenvalue weighted by atomic mass is 32.2. The molecule has 11 heteroatoms. The van der Waals surface area contributed by atoms with Gasteiger partial charge in [0.05, 0.1) is 10.5 Å². The maximum absolute atomic E-state index is 13.0. The van der Waals surface area contributed by atoms with E-state index in [4.69, 9.17) is 0 Å². The van der Waals surface area contributed by atoms with Crippen LogP contribution in [0.3, 0.4) is 0 Å². The van der Waals surface area contributed by atoms with E-state index in [1.165, 1.54) is 24.3 Å². The van der Waals surface area contributed by atoms with Gasteiger partial charge in [0.2, 0.25) is 5.82 Å². The van der Waals surface area contributed by atoms with Crippen molar-refractivity contribution in [3.63, 3.8) is 0 Å². The van der Waals surface area contributed by atoms with Gasteiger partial charge in [-0.2, -0.15) is 18.4 Å². The van der Waals surface area contributed by atoms with E-state index < -0.39 is 26.7 Å². The van der Waals surface area contributed by atoms with E-state index in [-0.39, 0.29) is 11.5 Å². The molecule has 0 aliphatic heterocycles. The first kappa shape index (κ1) is 16.9. The van der Waals surface area contributed by atoms with Crippen LogP contribution < -0.4 is 4.72 Å². The second kappa shape index (κ2) is 6.16. The standard InChI is InChI=1S/C14H10F3N5O2S/c15-14(16,17)11-6-1-2-7-12(11)25(23,24)20-10-5-3-4-9(8-10)13-18-21-22-19-13/h1-8,20H,(H,18,19,21,22). The van der Waals surface area contributed by atoms with Crippen molar-refractivity contribution in [2.75, 3.05) is 4.72 Å². The Morgan fingerprint density at radius 3 is 2.48 bits per heavy atom. The van der Waals surface area contributed by atoms with Crippen molar-refractivity contribution in [2.45, 2.75) is 11.1 Å². The molecule has 7 nitrogen and oxygen atoms in total. The van der Waals surface area contributed by atoms with Gasteiger partial charge in [0.25, 0.3) is 10.0 Å². The number of alkyl halides is 3. The number of aromatic amines is 1. The number of H-pyrrole nitrogens is 1. The molecule has 1 aromatic heterocycles. The zero-order valence-electron chi connectivity index (χ0n) is 12.3. The molecular weight excluding hydrogens is 359 g/mol. The summed E-state index contributed by atoms with van der Waals surface area (Å²) in [5, 5.41) is 13.2. The third-order valence-electron chi connectivity index (χ3n) is 3.20. The molecule has 1 heterocycles. The van der Waals surface area contributed by atoms with Gasteiger partial charge in [-0.3, -0.25) is 4.72 Å². The molecule has 2 N–H and O–H groups in total. The number of tetrazole rings is 1. The van der Waals surface area contributed by atoms with Gasteiger partial charge in [0.15, 0.2) is 0 Å². The first-order valence-corrected chi connectivity index (χ1v) is 8.28. The summed E-state index contributed by atoms with van der Waals surface area (Å²) in [5.41, 5.74) is -0.728. The molecule has 0 saturated heterocycles. The number of halogens is 3. The van der Waals surface area contributed by atoms with E-state index in [0.29, 0.717) is 11.6 Å². The first-order chi connectivity index (χ1) is 11.8. The summed E-state index contributed by atoms with van der Waals surface area (Å²) in [6.45, 7) is 0. The van der Waals surface area contributed by atoms with Crippen molar-refractivity contribution in [1.29, 1.82) is 0 Å². The van der Waals surface area contributed by atoms with Crippen molar-refractivity contribution < 1.29 is 21.6 Å². The number of hydrogen-bond donors (Lipinski definition) is 2. The zero-order chi connectivity index (χ0) is 18.1. The SMILES string of the molecule is O=S(=O)(Nc1cccc(-c2nn[nH]n2)c1)c1ccccc1C(F)(F)F. The quantitative estimate of drug-likeness (QED) is 0.736. The molecule has 0 aliphatic rings. The summed E-state index contributed by atoms with van der Waals surface area (Å²) in [4.78, 5) is -0.854. The minimum absolute atomic E-state index is 0.0688. The fraction of sp³-hybridized carbons (Fsp3) is 0.0714. The van der Waals surface area contributed by atoms with Gasteiger partial charge in [0, 0.05) is 11.3 Å². The number of sulfonamides is 1. The van der Waals surface area contributed by atoms with Gasteiger partial charge < -0.3 is 0 Å². The van der Waals surface area contributed by atoms with E-state index in [1.807, 2.05) is 0 Å². The lowest BCUT2D eigenvalue weighted by Gasteiger charge is -2.14. The van der Waals surface area contributed by atoms with Gasteiger partial charge in [-0.25, -0.2) is 8.42 Å². The maximum atomic E-state index is 13.0. The molecule has 0 amide bonds. The van der Waals surface area contributed by atoms with Crippen LogP contribution in [0.1, 0.15) is 5.56 Å². The van der Waals surface area contributed by atoms with Crippen LogP contribution in [0, 0.1) is 0 Å². The number of nitrogens with zero attached hydrogens (tertiary/aromatic N) is 3. The van der Waals surface area contributed by atoms with Crippen molar-refractivity contribution in [3.8, 4) is 11.4 Å². The van der Waals surface area contributed by atoms with E-state index in [1.54, 1.807) is 6.07 Å². The lowest BCUT2D eigenvalue weighted by atomic mass is 10.2. The smallest absolute Gasteiger partial charge is 0.280 e. The average molecular weight is 369 g/mol. The van der Waals surface area contributed by atoms with Crippen LogP contribution in [0.15, 0.2) is 53.4 Å². The Morgan fingerprint density at radius 1 is 1.04 bits per heavy atom. The number of nitrogens with one attached hydrogen (secondary N) is 2. The molecule has 0 fully saturated rings. The van der Waals surface area contributed by atoms with Crippen LogP contribution in [0.25, 0.3) is 11.4 Å². The predicted octanol–water partition coefficient (Wildman–Crippen LogP) is 2.69. The predicted molar refractivity (Wildman–Crippen MR) is 81.9 cm³/mol. The molecule has 0 spiro atoms. The zero-order valence-corrected chi connectivity index (χ0v) is 13.1. The van der Waals surface area contributed by atoms with Crippen LogP contribution >= 0.6 is 0 Å². The highest BCUT2D eigenvalue weighted by molar-refractivity contribution is 7.92. The Balaban J connectivity index is 1.97. The number of benzene rings is 2. The van der Waals surface area contributed by atoms with Gasteiger partial charge in [-0.15, -0.1) is 10.2 Å². The van der Waals surface area contributed by atoms with E-state index in [9.17, 15) is 21.6 Å². The molecule has 0 radical (unpaired) electrons. The Bertz CT molecular complexity index is 988. The summed E-state index contributed by atoms with van der Waals surface area (Å²) in [6, 6.07) is 9.86. The summed E-state index contributed by atoms with van der Waals surface area (Å²) >= 11 is 0. The van der Waals surface area contributed by atoms with E-state index in [0.717, 1.165) is 12.1 Å². The summed E-state index contributed by atoms with van der Waals surface area (Å²) in [7, 11) is -4.45. The Morgan fingerprint density at radius 2 is 1.80 bits per heavy atom. The van der Waals surface area contributed by atoms with Crippen LogP contribution in [-0.2, 0) is 16.2 Å². The third-order valence-corrected chi connectivity index (χ3v) is 4.64. The topological polar surface area (TPSA) is 101 Å². The van der Waals surface area contributed by atoms with Crippen LogP contribution in [-0.4, -0.2) is 29.0 Å². The second-order valence-electron chi connectivity index (χ2n) is 4.92. The largest absolute Gasteiger partial charge is 0.417 e. The van der Waals surface area contributed by atoms with Crippen molar-refractivity contribution in [2.24, 2.45) is 0 Å². The van der Waals surface area contributed by atoms with Gasteiger partial charge >= 0.3 is 6.18 Å². The van der Waals surface area contributed by atoms with E-state index in [2.05, 4.69) is 25.3 Å². The molecule has 130 valence electrons. The minimum atomic E-state index is -4.79. The second-order valence-corrected chi connectivity index (χ2v) is 6.57.